The molecule has 0 saturated heterocycles. The van der Waals surface area contributed by atoms with Gasteiger partial charge in [0.1, 0.15) is 6.10 Å². The van der Waals surface area contributed by atoms with Crippen LogP contribution in [0.1, 0.15) is 28.3 Å². The van der Waals surface area contributed by atoms with Gasteiger partial charge in [0.2, 0.25) is 0 Å². The molecule has 1 heterocycles. The van der Waals surface area contributed by atoms with Crippen molar-refractivity contribution in [3.8, 4) is 11.8 Å². The highest BCUT2D eigenvalue weighted by Crippen LogP contribution is 2.29. The zero-order valence-corrected chi connectivity index (χ0v) is 21.7. The topological polar surface area (TPSA) is 68.5 Å². The number of aromatic nitrogens is 1. The second-order valence-electron chi connectivity index (χ2n) is 9.09. The van der Waals surface area contributed by atoms with E-state index in [9.17, 15) is 13.5 Å². The molecule has 0 aliphatic carbocycles. The van der Waals surface area contributed by atoms with Gasteiger partial charge in [0.15, 0.2) is 0 Å². The van der Waals surface area contributed by atoms with E-state index in [1.54, 1.807) is 12.1 Å². The summed E-state index contributed by atoms with van der Waals surface area (Å²) >= 11 is 0. The molecule has 4 aromatic carbocycles. The zero-order valence-electron chi connectivity index (χ0n) is 20.9. The Morgan fingerprint density at radius 2 is 1.47 bits per heavy atom. The van der Waals surface area contributed by atoms with Gasteiger partial charge in [0, 0.05) is 28.2 Å². The van der Waals surface area contributed by atoms with Crippen molar-refractivity contribution in [1.82, 2.24) is 4.57 Å². The monoisotopic (exact) mass is 521 g/mol. The summed E-state index contributed by atoms with van der Waals surface area (Å²) in [5.74, 6) is 6.38. The first-order valence-corrected chi connectivity index (χ1v) is 13.7. The number of benzene rings is 4. The van der Waals surface area contributed by atoms with Crippen LogP contribution in [0.4, 0.5) is 0 Å². The van der Waals surface area contributed by atoms with E-state index in [1.165, 1.54) is 12.1 Å². The predicted molar refractivity (Wildman–Crippen MR) is 149 cm³/mol. The van der Waals surface area contributed by atoms with Gasteiger partial charge in [-0.2, -0.15) is 8.42 Å². The molecule has 0 aliphatic heterocycles. The molecule has 1 N–H and O–H groups in total. The molecule has 5 aromatic rings. The molecular formula is C32H27NO4S. The number of rotatable bonds is 7. The van der Waals surface area contributed by atoms with Gasteiger partial charge < -0.3 is 9.67 Å². The maximum Gasteiger partial charge on any atom is 0.297 e. The fraction of sp³-hybridized carbons (Fsp3) is 0.125. The van der Waals surface area contributed by atoms with Crippen molar-refractivity contribution in [3.63, 3.8) is 0 Å². The fourth-order valence-corrected chi connectivity index (χ4v) is 5.32. The minimum Gasteiger partial charge on any atom is -0.388 e. The van der Waals surface area contributed by atoms with Gasteiger partial charge >= 0.3 is 0 Å². The highest BCUT2D eigenvalue weighted by atomic mass is 32.2. The molecule has 0 fully saturated rings. The second-order valence-corrected chi connectivity index (χ2v) is 10.7. The molecule has 0 unspecified atom stereocenters. The van der Waals surface area contributed by atoms with E-state index < -0.39 is 28.9 Å². The number of aliphatic hydroxyl groups is 1. The van der Waals surface area contributed by atoms with Crippen LogP contribution in [0.15, 0.2) is 120 Å². The van der Waals surface area contributed by atoms with Crippen molar-refractivity contribution >= 4 is 21.0 Å². The number of aryl methyl sites for hydroxylation is 1. The minimum atomic E-state index is -4.02. The van der Waals surface area contributed by atoms with Crippen LogP contribution in [0.5, 0.6) is 0 Å². The van der Waals surface area contributed by atoms with Gasteiger partial charge in [0.05, 0.1) is 17.5 Å². The highest BCUT2D eigenvalue weighted by Gasteiger charge is 2.27. The highest BCUT2D eigenvalue weighted by molar-refractivity contribution is 7.86. The molecule has 190 valence electrons. The molecule has 0 bridgehead atoms. The van der Waals surface area contributed by atoms with Gasteiger partial charge in [-0.25, -0.2) is 0 Å². The Balaban J connectivity index is 1.43. The van der Waals surface area contributed by atoms with Crippen molar-refractivity contribution in [2.75, 3.05) is 6.61 Å². The molecule has 5 rings (SSSR count). The van der Waals surface area contributed by atoms with E-state index in [-0.39, 0.29) is 4.90 Å². The van der Waals surface area contributed by atoms with Crippen LogP contribution >= 0.6 is 0 Å². The fourth-order valence-electron chi connectivity index (χ4n) is 4.39. The normalized spacial score (nSPS) is 13.0. The van der Waals surface area contributed by atoms with Crippen molar-refractivity contribution in [3.05, 3.63) is 138 Å². The summed E-state index contributed by atoms with van der Waals surface area (Å²) in [6, 6.07) is 33.1. The quantitative estimate of drug-likeness (QED) is 0.220. The summed E-state index contributed by atoms with van der Waals surface area (Å²) in [5.41, 5.74) is 4.50. The standard InChI is InChI=1S/C32H27NO4S/c1-24-12-17-29(18-13-24)38(35,36)37-23-31(34)32(27-10-6-3-7-11-27)33-21-20-28-22-26(16-19-30(28)33)15-14-25-8-4-2-5-9-25/h2-13,16-22,31-32,34H,23H2,1H3/t31-,32+/m1/s1. The van der Waals surface area contributed by atoms with E-state index in [4.69, 9.17) is 4.18 Å². The molecule has 0 spiro atoms. The Bertz CT molecular complexity index is 1700. The average Bonchev–Trinajstić information content (AvgIpc) is 3.35. The van der Waals surface area contributed by atoms with Gasteiger partial charge in [0.25, 0.3) is 10.1 Å². The zero-order chi connectivity index (χ0) is 26.5. The number of hydrogen-bond acceptors (Lipinski definition) is 4. The number of fused-ring (bicyclic) bond motifs is 1. The van der Waals surface area contributed by atoms with E-state index >= 15 is 0 Å². The maximum atomic E-state index is 12.8. The first kappa shape index (κ1) is 25.5. The molecule has 2 atom stereocenters. The molecule has 1 aromatic heterocycles. The molecule has 0 saturated carbocycles. The maximum absolute atomic E-state index is 12.8. The van der Waals surface area contributed by atoms with E-state index in [0.29, 0.717) is 0 Å². The molecule has 38 heavy (non-hydrogen) atoms. The second kappa shape index (κ2) is 11.1. The Morgan fingerprint density at radius 3 is 2.18 bits per heavy atom. The summed E-state index contributed by atoms with van der Waals surface area (Å²) in [6.07, 6.45) is 0.764. The van der Waals surface area contributed by atoms with E-state index in [0.717, 1.165) is 33.2 Å². The summed E-state index contributed by atoms with van der Waals surface area (Å²) in [5, 5.41) is 12.2. The van der Waals surface area contributed by atoms with Crippen molar-refractivity contribution in [2.24, 2.45) is 0 Å². The van der Waals surface area contributed by atoms with Gasteiger partial charge in [-0.05, 0) is 61.0 Å². The van der Waals surface area contributed by atoms with Crippen LogP contribution < -0.4 is 0 Å². The largest absolute Gasteiger partial charge is 0.388 e. The summed E-state index contributed by atoms with van der Waals surface area (Å²) in [7, 11) is -4.02. The van der Waals surface area contributed by atoms with Crippen molar-refractivity contribution in [2.45, 2.75) is 24.0 Å². The van der Waals surface area contributed by atoms with Crippen molar-refractivity contribution in [1.29, 1.82) is 0 Å². The molecule has 0 amide bonds. The van der Waals surface area contributed by atoms with Gasteiger partial charge in [-0.15, -0.1) is 0 Å². The smallest absolute Gasteiger partial charge is 0.297 e. The lowest BCUT2D eigenvalue weighted by Crippen LogP contribution is -2.30. The summed E-state index contributed by atoms with van der Waals surface area (Å²) < 4.78 is 32.8. The van der Waals surface area contributed by atoms with E-state index in [2.05, 4.69) is 11.8 Å². The summed E-state index contributed by atoms with van der Waals surface area (Å²) in [4.78, 5) is 0.0575. The minimum absolute atomic E-state index is 0.0575. The third-order valence-corrected chi connectivity index (χ3v) is 7.65. The first-order chi connectivity index (χ1) is 18.4. The predicted octanol–water partition coefficient (Wildman–Crippen LogP) is 5.71. The van der Waals surface area contributed by atoms with Crippen LogP contribution in [0.25, 0.3) is 10.9 Å². The molecule has 0 aliphatic rings. The SMILES string of the molecule is Cc1ccc(S(=O)(=O)OC[C@@H](O)[C@H](c2ccccc2)n2ccc3cc(C#Cc4ccccc4)ccc32)cc1. The molecule has 6 heteroatoms. The van der Waals surface area contributed by atoms with Gasteiger partial charge in [-0.3, -0.25) is 4.18 Å². The first-order valence-electron chi connectivity index (χ1n) is 12.3. The lowest BCUT2D eigenvalue weighted by atomic mass is 10.0. The van der Waals surface area contributed by atoms with Crippen LogP contribution in [-0.4, -0.2) is 30.8 Å². The lowest BCUT2D eigenvalue weighted by molar-refractivity contribution is 0.0785. The Morgan fingerprint density at radius 1 is 0.816 bits per heavy atom. The Hall–Kier alpha value is -4.15. The van der Waals surface area contributed by atoms with Gasteiger partial charge in [-0.1, -0.05) is 78.1 Å². The average molecular weight is 522 g/mol. The van der Waals surface area contributed by atoms with Crippen LogP contribution in [0.3, 0.4) is 0 Å². The Labute approximate surface area is 223 Å². The molecule has 5 nitrogen and oxygen atoms in total. The molecular weight excluding hydrogens is 494 g/mol. The third-order valence-electron chi connectivity index (χ3n) is 6.35. The third kappa shape index (κ3) is 5.71. The summed E-state index contributed by atoms with van der Waals surface area (Å²) in [6.45, 7) is 1.49. The number of nitrogens with zero attached hydrogens (tertiary/aromatic N) is 1. The van der Waals surface area contributed by atoms with Crippen LogP contribution in [0, 0.1) is 18.8 Å². The Kier molecular flexibility index (Phi) is 7.43. The van der Waals surface area contributed by atoms with Crippen LogP contribution in [0.2, 0.25) is 0 Å². The number of aliphatic hydroxyl groups excluding tert-OH is 1. The molecule has 0 radical (unpaired) electrons. The number of hydrogen-bond donors (Lipinski definition) is 1. The van der Waals surface area contributed by atoms with Crippen molar-refractivity contribution < 1.29 is 17.7 Å². The van der Waals surface area contributed by atoms with Crippen LogP contribution in [-0.2, 0) is 14.3 Å². The lowest BCUT2D eigenvalue weighted by Gasteiger charge is -2.26. The van der Waals surface area contributed by atoms with E-state index in [1.807, 2.05) is 103 Å².